The third-order valence-electron chi connectivity index (χ3n) is 4.83. The van der Waals surface area contributed by atoms with Crippen LogP contribution in [0.2, 0.25) is 10.0 Å². The van der Waals surface area contributed by atoms with E-state index in [0.717, 1.165) is 39.0 Å². The number of hydrogen-bond donors (Lipinski definition) is 1. The van der Waals surface area contributed by atoms with Gasteiger partial charge in [0.1, 0.15) is 17.1 Å². The van der Waals surface area contributed by atoms with Gasteiger partial charge in [-0.25, -0.2) is 0 Å². The molecule has 0 aliphatic carbocycles. The summed E-state index contributed by atoms with van der Waals surface area (Å²) in [5.74, 6) is 1.25. The Morgan fingerprint density at radius 2 is 1.89 bits per heavy atom. The Labute approximate surface area is 174 Å². The van der Waals surface area contributed by atoms with Crippen molar-refractivity contribution in [2.75, 3.05) is 12.4 Å². The SMILES string of the molecule is COc1c(/C(C)=C/C(=O)Nc2cccc(Cl)c2Cl)cc2c(C)c(C)oc2c1C. The van der Waals surface area contributed by atoms with Gasteiger partial charge in [-0.1, -0.05) is 29.3 Å². The summed E-state index contributed by atoms with van der Waals surface area (Å²) >= 11 is 12.2. The van der Waals surface area contributed by atoms with Crippen molar-refractivity contribution in [2.24, 2.45) is 0 Å². The number of methoxy groups -OCH3 is 1. The molecule has 3 aromatic rings. The Kier molecular flexibility index (Phi) is 5.73. The zero-order valence-corrected chi connectivity index (χ0v) is 17.9. The molecule has 0 saturated heterocycles. The van der Waals surface area contributed by atoms with E-state index in [1.807, 2.05) is 33.8 Å². The predicted molar refractivity (Wildman–Crippen MR) is 116 cm³/mol. The molecular weight excluding hydrogens is 397 g/mol. The van der Waals surface area contributed by atoms with Crippen molar-refractivity contribution in [3.63, 3.8) is 0 Å². The van der Waals surface area contributed by atoms with Gasteiger partial charge in [-0.05, 0) is 57.0 Å². The molecule has 1 aromatic heterocycles. The standard InChI is InChI=1S/C22H21Cl2NO3/c1-11(9-19(26)25-18-8-6-7-17(23)20(18)24)15-10-16-12(2)14(4)28-22(16)13(3)21(15)27-5/h6-10H,1-5H3,(H,25,26)/b11-9+. The molecule has 1 N–H and O–H groups in total. The highest BCUT2D eigenvalue weighted by Gasteiger charge is 2.18. The quantitative estimate of drug-likeness (QED) is 0.479. The molecule has 0 atom stereocenters. The third-order valence-corrected chi connectivity index (χ3v) is 5.65. The first-order chi connectivity index (χ1) is 13.2. The first-order valence-electron chi connectivity index (χ1n) is 8.75. The van der Waals surface area contributed by atoms with Crippen molar-refractivity contribution in [2.45, 2.75) is 27.7 Å². The number of allylic oxidation sites excluding steroid dienone is 1. The van der Waals surface area contributed by atoms with Crippen molar-refractivity contribution >= 4 is 51.3 Å². The smallest absolute Gasteiger partial charge is 0.248 e. The topological polar surface area (TPSA) is 51.5 Å². The summed E-state index contributed by atoms with van der Waals surface area (Å²) in [5.41, 5.74) is 4.84. The molecular formula is C22H21Cl2NO3. The molecule has 6 heteroatoms. The van der Waals surface area contributed by atoms with Crippen LogP contribution >= 0.6 is 23.2 Å². The minimum absolute atomic E-state index is 0.304. The molecule has 0 aliphatic heterocycles. The maximum Gasteiger partial charge on any atom is 0.248 e. The molecule has 146 valence electrons. The largest absolute Gasteiger partial charge is 0.496 e. The van der Waals surface area contributed by atoms with Crippen molar-refractivity contribution in [3.8, 4) is 5.75 Å². The number of halogens is 2. The van der Waals surface area contributed by atoms with Gasteiger partial charge in [-0.15, -0.1) is 0 Å². The van der Waals surface area contributed by atoms with E-state index in [1.54, 1.807) is 25.3 Å². The number of fused-ring (bicyclic) bond motifs is 1. The summed E-state index contributed by atoms with van der Waals surface area (Å²) in [5, 5.41) is 4.47. The van der Waals surface area contributed by atoms with Crippen molar-refractivity contribution in [1.29, 1.82) is 0 Å². The molecule has 4 nitrogen and oxygen atoms in total. The summed E-state index contributed by atoms with van der Waals surface area (Å²) in [6.07, 6.45) is 1.52. The van der Waals surface area contributed by atoms with Gasteiger partial charge < -0.3 is 14.5 Å². The molecule has 0 saturated carbocycles. The molecule has 0 fully saturated rings. The van der Waals surface area contributed by atoms with E-state index in [9.17, 15) is 4.79 Å². The second kappa shape index (κ2) is 7.90. The summed E-state index contributed by atoms with van der Waals surface area (Å²) in [7, 11) is 1.61. The minimum Gasteiger partial charge on any atom is -0.496 e. The maximum absolute atomic E-state index is 12.5. The zero-order valence-electron chi connectivity index (χ0n) is 16.4. The highest BCUT2D eigenvalue weighted by molar-refractivity contribution is 6.44. The molecule has 0 spiro atoms. The van der Waals surface area contributed by atoms with Gasteiger partial charge in [-0.3, -0.25) is 4.79 Å². The number of aryl methyl sites for hydroxylation is 3. The van der Waals surface area contributed by atoms with Crippen LogP contribution in [0.5, 0.6) is 5.75 Å². The second-order valence-corrected chi connectivity index (χ2v) is 7.45. The van der Waals surface area contributed by atoms with Gasteiger partial charge >= 0.3 is 0 Å². The number of rotatable bonds is 4. The predicted octanol–water partition coefficient (Wildman–Crippen LogP) is 6.72. The molecule has 3 rings (SSSR count). The second-order valence-electron chi connectivity index (χ2n) is 6.66. The Balaban J connectivity index is 2.02. The van der Waals surface area contributed by atoms with Crippen LogP contribution in [-0.2, 0) is 4.79 Å². The van der Waals surface area contributed by atoms with Crippen LogP contribution in [0.4, 0.5) is 5.69 Å². The first-order valence-corrected chi connectivity index (χ1v) is 9.51. The molecule has 1 heterocycles. The Morgan fingerprint density at radius 1 is 1.18 bits per heavy atom. The monoisotopic (exact) mass is 417 g/mol. The van der Waals surface area contributed by atoms with Crippen molar-refractivity contribution in [3.05, 3.63) is 62.8 Å². The zero-order chi connectivity index (χ0) is 20.6. The summed E-state index contributed by atoms with van der Waals surface area (Å²) in [6.45, 7) is 7.77. The number of ether oxygens (including phenoxy) is 1. The Hall–Kier alpha value is -2.43. The molecule has 0 aliphatic rings. The van der Waals surface area contributed by atoms with Gasteiger partial charge in [0.25, 0.3) is 0 Å². The fourth-order valence-electron chi connectivity index (χ4n) is 3.21. The number of anilines is 1. The minimum atomic E-state index is -0.304. The van der Waals surface area contributed by atoms with Gasteiger partial charge in [0, 0.05) is 22.6 Å². The number of amides is 1. The molecule has 0 radical (unpaired) electrons. The van der Waals surface area contributed by atoms with E-state index in [1.165, 1.54) is 6.08 Å². The first kappa shape index (κ1) is 20.3. The number of hydrogen-bond acceptors (Lipinski definition) is 3. The molecule has 0 unspecified atom stereocenters. The average molecular weight is 418 g/mol. The van der Waals surface area contributed by atoms with E-state index in [4.69, 9.17) is 32.4 Å². The third kappa shape index (κ3) is 3.62. The maximum atomic E-state index is 12.5. The highest BCUT2D eigenvalue weighted by atomic mass is 35.5. The van der Waals surface area contributed by atoms with Crippen LogP contribution in [0.1, 0.15) is 29.4 Å². The number of carbonyl (C=O) groups is 1. The summed E-state index contributed by atoms with van der Waals surface area (Å²) in [6, 6.07) is 7.09. The van der Waals surface area contributed by atoms with Crippen LogP contribution < -0.4 is 10.1 Å². The van der Waals surface area contributed by atoms with Gasteiger partial charge in [0.05, 0.1) is 22.8 Å². The molecule has 28 heavy (non-hydrogen) atoms. The van der Waals surface area contributed by atoms with E-state index in [2.05, 4.69) is 5.32 Å². The van der Waals surface area contributed by atoms with E-state index in [0.29, 0.717) is 21.5 Å². The van der Waals surface area contributed by atoms with Crippen LogP contribution in [0, 0.1) is 20.8 Å². The van der Waals surface area contributed by atoms with Gasteiger partial charge in [0.2, 0.25) is 5.91 Å². The Morgan fingerprint density at radius 3 is 2.57 bits per heavy atom. The summed E-state index contributed by atoms with van der Waals surface area (Å²) < 4.78 is 11.5. The number of carbonyl (C=O) groups excluding carboxylic acids is 1. The fraction of sp³-hybridized carbons (Fsp3) is 0.227. The molecule has 2 aromatic carbocycles. The van der Waals surface area contributed by atoms with Crippen LogP contribution in [-0.4, -0.2) is 13.0 Å². The highest BCUT2D eigenvalue weighted by Crippen LogP contribution is 2.38. The van der Waals surface area contributed by atoms with Gasteiger partial charge in [-0.2, -0.15) is 0 Å². The van der Waals surface area contributed by atoms with Crippen molar-refractivity contribution < 1.29 is 13.9 Å². The lowest BCUT2D eigenvalue weighted by Crippen LogP contribution is -2.09. The van der Waals surface area contributed by atoms with Crippen LogP contribution in [0.25, 0.3) is 16.5 Å². The number of nitrogens with one attached hydrogen (secondary N) is 1. The van der Waals surface area contributed by atoms with E-state index >= 15 is 0 Å². The number of benzene rings is 2. The number of furan rings is 1. The normalized spacial score (nSPS) is 11.8. The average Bonchev–Trinajstić information content (AvgIpc) is 2.94. The van der Waals surface area contributed by atoms with Crippen molar-refractivity contribution in [1.82, 2.24) is 0 Å². The fourth-order valence-corrected chi connectivity index (χ4v) is 3.56. The lowest BCUT2D eigenvalue weighted by Gasteiger charge is -2.13. The van der Waals surface area contributed by atoms with E-state index < -0.39 is 0 Å². The molecule has 0 bridgehead atoms. The van der Waals surface area contributed by atoms with E-state index in [-0.39, 0.29) is 5.91 Å². The Bertz CT molecular complexity index is 1110. The lowest BCUT2D eigenvalue weighted by atomic mass is 9.98. The lowest BCUT2D eigenvalue weighted by molar-refractivity contribution is -0.111. The van der Waals surface area contributed by atoms with Crippen LogP contribution in [0.15, 0.2) is 34.8 Å². The van der Waals surface area contributed by atoms with Crippen LogP contribution in [0.3, 0.4) is 0 Å². The molecule has 1 amide bonds. The summed E-state index contributed by atoms with van der Waals surface area (Å²) in [4.78, 5) is 12.5. The van der Waals surface area contributed by atoms with Gasteiger partial charge in [0.15, 0.2) is 0 Å².